The summed E-state index contributed by atoms with van der Waals surface area (Å²) < 4.78 is 0. The van der Waals surface area contributed by atoms with E-state index in [0.717, 1.165) is 18.0 Å². The van der Waals surface area contributed by atoms with Crippen molar-refractivity contribution < 1.29 is 9.90 Å². The Bertz CT molecular complexity index is 478. The third-order valence-electron chi connectivity index (χ3n) is 4.29. The Balaban J connectivity index is 1.98. The molecular formula is C17H23NO2. The number of carboxylic acid groups (broad SMARTS) is 1. The molecular weight excluding hydrogens is 250 g/mol. The second-order valence-electron chi connectivity index (χ2n) is 5.74. The molecule has 3 heteroatoms. The molecule has 2 unspecified atom stereocenters. The molecule has 0 radical (unpaired) electrons. The summed E-state index contributed by atoms with van der Waals surface area (Å²) in [6.07, 6.45) is 5.41. The van der Waals surface area contributed by atoms with E-state index in [2.05, 4.69) is 30.9 Å². The number of aliphatic carboxylic acids is 1. The summed E-state index contributed by atoms with van der Waals surface area (Å²) in [5.41, 5.74) is 2.22. The Hall–Kier alpha value is -1.61. The molecule has 0 aromatic heterocycles. The Labute approximate surface area is 120 Å². The van der Waals surface area contributed by atoms with Crippen LogP contribution in [0.4, 0.5) is 0 Å². The zero-order chi connectivity index (χ0) is 14.5. The molecule has 1 heterocycles. The topological polar surface area (TPSA) is 40.5 Å². The highest BCUT2D eigenvalue weighted by Gasteiger charge is 2.24. The number of nitrogens with zero attached hydrogens (tertiary/aromatic N) is 1. The Morgan fingerprint density at radius 1 is 1.35 bits per heavy atom. The van der Waals surface area contributed by atoms with Crippen LogP contribution in [0.3, 0.4) is 0 Å². The number of hydrogen-bond donors (Lipinski definition) is 1. The standard InChI is InChI=1S/C17H23NO2/c1-13-4-3-11-18(14(13)2)12-16-7-5-15(6-8-16)9-10-17(19)20/h5-10,13-14H,3-4,11-12H2,1-2H3,(H,19,20). The smallest absolute Gasteiger partial charge is 0.328 e. The summed E-state index contributed by atoms with van der Waals surface area (Å²) in [6, 6.07) is 8.77. The molecule has 2 rings (SSSR count). The highest BCUT2D eigenvalue weighted by molar-refractivity contribution is 5.85. The van der Waals surface area contributed by atoms with Gasteiger partial charge in [0.25, 0.3) is 0 Å². The minimum absolute atomic E-state index is 0.635. The highest BCUT2D eigenvalue weighted by Crippen LogP contribution is 2.24. The first-order chi connectivity index (χ1) is 9.56. The maximum absolute atomic E-state index is 10.5. The van der Waals surface area contributed by atoms with Gasteiger partial charge in [-0.15, -0.1) is 0 Å². The highest BCUT2D eigenvalue weighted by atomic mass is 16.4. The molecule has 0 aliphatic carbocycles. The molecule has 1 aromatic carbocycles. The molecule has 3 nitrogen and oxygen atoms in total. The van der Waals surface area contributed by atoms with Crippen molar-refractivity contribution in [3.8, 4) is 0 Å². The van der Waals surface area contributed by atoms with Gasteiger partial charge in [-0.25, -0.2) is 4.79 Å². The summed E-state index contributed by atoms with van der Waals surface area (Å²) in [6.45, 7) is 6.80. The van der Waals surface area contributed by atoms with E-state index in [1.807, 2.05) is 12.1 Å². The minimum Gasteiger partial charge on any atom is -0.478 e. The number of likely N-dealkylation sites (tertiary alicyclic amines) is 1. The fraction of sp³-hybridized carbons (Fsp3) is 0.471. The van der Waals surface area contributed by atoms with Crippen LogP contribution < -0.4 is 0 Å². The average Bonchev–Trinajstić information content (AvgIpc) is 2.43. The second-order valence-corrected chi connectivity index (χ2v) is 5.74. The van der Waals surface area contributed by atoms with E-state index in [9.17, 15) is 4.79 Å². The van der Waals surface area contributed by atoms with Gasteiger partial charge in [-0.1, -0.05) is 31.2 Å². The van der Waals surface area contributed by atoms with Gasteiger partial charge >= 0.3 is 5.97 Å². The van der Waals surface area contributed by atoms with Gasteiger partial charge in [0.1, 0.15) is 0 Å². The first kappa shape index (κ1) is 14.8. The molecule has 0 amide bonds. The zero-order valence-corrected chi connectivity index (χ0v) is 12.2. The predicted octanol–water partition coefficient (Wildman–Crippen LogP) is 3.40. The summed E-state index contributed by atoms with van der Waals surface area (Å²) in [5, 5.41) is 8.61. The van der Waals surface area contributed by atoms with Crippen LogP contribution in [-0.4, -0.2) is 28.6 Å². The fourth-order valence-electron chi connectivity index (χ4n) is 2.78. The quantitative estimate of drug-likeness (QED) is 0.855. The summed E-state index contributed by atoms with van der Waals surface area (Å²) in [7, 11) is 0. The monoisotopic (exact) mass is 273 g/mol. The normalized spacial score (nSPS) is 24.1. The molecule has 0 bridgehead atoms. The molecule has 1 N–H and O–H groups in total. The van der Waals surface area contributed by atoms with Crippen LogP contribution in [0.5, 0.6) is 0 Å². The molecule has 1 saturated heterocycles. The van der Waals surface area contributed by atoms with Crippen LogP contribution in [0.1, 0.15) is 37.8 Å². The number of carbonyl (C=O) groups is 1. The zero-order valence-electron chi connectivity index (χ0n) is 12.2. The maximum atomic E-state index is 10.5. The van der Waals surface area contributed by atoms with Crippen LogP contribution in [0.2, 0.25) is 0 Å². The number of piperidine rings is 1. The molecule has 1 aliphatic rings. The summed E-state index contributed by atoms with van der Waals surface area (Å²) in [4.78, 5) is 13.0. The van der Waals surface area contributed by atoms with Crippen molar-refractivity contribution in [2.75, 3.05) is 6.54 Å². The summed E-state index contributed by atoms with van der Waals surface area (Å²) >= 11 is 0. The molecule has 1 aromatic rings. The maximum Gasteiger partial charge on any atom is 0.328 e. The molecule has 20 heavy (non-hydrogen) atoms. The molecule has 0 spiro atoms. The van der Waals surface area contributed by atoms with E-state index in [4.69, 9.17) is 5.11 Å². The van der Waals surface area contributed by atoms with Crippen molar-refractivity contribution in [2.24, 2.45) is 5.92 Å². The lowest BCUT2D eigenvalue weighted by molar-refractivity contribution is -0.131. The van der Waals surface area contributed by atoms with Gasteiger partial charge in [0, 0.05) is 18.7 Å². The van der Waals surface area contributed by atoms with Gasteiger partial charge in [0.2, 0.25) is 0 Å². The lowest BCUT2D eigenvalue weighted by atomic mass is 9.91. The van der Waals surface area contributed by atoms with Crippen molar-refractivity contribution in [1.29, 1.82) is 0 Å². The lowest BCUT2D eigenvalue weighted by Gasteiger charge is -2.38. The number of benzene rings is 1. The first-order valence-electron chi connectivity index (χ1n) is 7.30. The SMILES string of the molecule is CC1CCCN(Cc2ccc(C=CC(=O)O)cc2)C1C. The Morgan fingerprint density at radius 2 is 2.05 bits per heavy atom. The van der Waals surface area contributed by atoms with Gasteiger partial charge in [-0.3, -0.25) is 4.90 Å². The van der Waals surface area contributed by atoms with Crippen LogP contribution in [0.15, 0.2) is 30.3 Å². The van der Waals surface area contributed by atoms with E-state index in [1.54, 1.807) is 6.08 Å². The molecule has 2 atom stereocenters. The van der Waals surface area contributed by atoms with E-state index in [-0.39, 0.29) is 0 Å². The van der Waals surface area contributed by atoms with Crippen molar-refractivity contribution in [2.45, 2.75) is 39.3 Å². The number of hydrogen-bond acceptors (Lipinski definition) is 2. The summed E-state index contributed by atoms with van der Waals surface area (Å²) in [5.74, 6) is -0.147. The van der Waals surface area contributed by atoms with Crippen LogP contribution in [0, 0.1) is 5.92 Å². The van der Waals surface area contributed by atoms with Gasteiger partial charge in [0.05, 0.1) is 0 Å². The van der Waals surface area contributed by atoms with Crippen LogP contribution >= 0.6 is 0 Å². The van der Waals surface area contributed by atoms with Crippen LogP contribution in [-0.2, 0) is 11.3 Å². The van der Waals surface area contributed by atoms with Crippen molar-refractivity contribution in [3.05, 3.63) is 41.5 Å². The molecule has 1 fully saturated rings. The fourth-order valence-corrected chi connectivity index (χ4v) is 2.78. The third-order valence-corrected chi connectivity index (χ3v) is 4.29. The average molecular weight is 273 g/mol. The Kier molecular flexibility index (Phi) is 4.96. The van der Waals surface area contributed by atoms with E-state index < -0.39 is 5.97 Å². The van der Waals surface area contributed by atoms with E-state index in [1.165, 1.54) is 31.0 Å². The van der Waals surface area contributed by atoms with Gasteiger partial charge < -0.3 is 5.11 Å². The molecule has 108 valence electrons. The first-order valence-corrected chi connectivity index (χ1v) is 7.30. The van der Waals surface area contributed by atoms with Gasteiger partial charge in [-0.2, -0.15) is 0 Å². The predicted molar refractivity (Wildman–Crippen MR) is 81.4 cm³/mol. The van der Waals surface area contributed by atoms with Crippen LogP contribution in [0.25, 0.3) is 6.08 Å². The van der Waals surface area contributed by atoms with E-state index >= 15 is 0 Å². The largest absolute Gasteiger partial charge is 0.478 e. The van der Waals surface area contributed by atoms with E-state index in [0.29, 0.717) is 6.04 Å². The number of rotatable bonds is 4. The van der Waals surface area contributed by atoms with Gasteiger partial charge in [-0.05, 0) is 49.4 Å². The number of carboxylic acids is 1. The minimum atomic E-state index is -0.912. The lowest BCUT2D eigenvalue weighted by Crippen LogP contribution is -2.41. The van der Waals surface area contributed by atoms with Crippen molar-refractivity contribution in [1.82, 2.24) is 4.90 Å². The Morgan fingerprint density at radius 3 is 2.70 bits per heavy atom. The van der Waals surface area contributed by atoms with Crippen molar-refractivity contribution >= 4 is 12.0 Å². The van der Waals surface area contributed by atoms with Gasteiger partial charge in [0.15, 0.2) is 0 Å². The molecule has 0 saturated carbocycles. The second kappa shape index (κ2) is 6.71. The van der Waals surface area contributed by atoms with Crippen molar-refractivity contribution in [3.63, 3.8) is 0 Å². The third kappa shape index (κ3) is 3.94. The molecule has 1 aliphatic heterocycles.